The Balaban J connectivity index is 2.33. The van der Waals surface area contributed by atoms with Crippen molar-refractivity contribution < 1.29 is 19.3 Å². The molecule has 110 valence electrons. The van der Waals surface area contributed by atoms with Gasteiger partial charge in [0, 0.05) is 18.2 Å². The number of aromatic carboxylic acids is 1. The molecular formula is C12H10ClN3O5. The van der Waals surface area contributed by atoms with Crippen LogP contribution in [0.1, 0.15) is 21.8 Å². The Hall–Kier alpha value is -2.61. The molecule has 0 bridgehead atoms. The number of benzene rings is 1. The first-order valence-electron chi connectivity index (χ1n) is 5.75. The van der Waals surface area contributed by atoms with Crippen molar-refractivity contribution in [1.82, 2.24) is 5.16 Å². The molecule has 2 aromatic rings. The molecule has 1 heterocycles. The average Bonchev–Trinajstić information content (AvgIpc) is 2.82. The molecule has 2 N–H and O–H groups in total. The van der Waals surface area contributed by atoms with E-state index >= 15 is 0 Å². The summed E-state index contributed by atoms with van der Waals surface area (Å²) in [6.45, 7) is 1.90. The fraction of sp³-hybridized carbons (Fsp3) is 0.167. The lowest BCUT2D eigenvalue weighted by Gasteiger charge is -2.10. The maximum atomic E-state index is 11.2. The molecule has 0 spiro atoms. The van der Waals surface area contributed by atoms with E-state index in [1.807, 2.05) is 0 Å². The highest BCUT2D eigenvalue weighted by atomic mass is 35.5. The topological polar surface area (TPSA) is 119 Å². The maximum absolute atomic E-state index is 11.2. The number of hydrogen-bond acceptors (Lipinski definition) is 6. The Kier molecular flexibility index (Phi) is 4.08. The second-order valence-corrected chi connectivity index (χ2v) is 4.60. The second kappa shape index (κ2) is 5.80. The van der Waals surface area contributed by atoms with Gasteiger partial charge in [0.2, 0.25) is 0 Å². The number of halogens is 1. The fourth-order valence-electron chi connectivity index (χ4n) is 1.73. The third-order valence-electron chi connectivity index (χ3n) is 2.64. The van der Waals surface area contributed by atoms with Gasteiger partial charge >= 0.3 is 5.97 Å². The van der Waals surface area contributed by atoms with E-state index in [1.54, 1.807) is 13.0 Å². The zero-order valence-corrected chi connectivity index (χ0v) is 11.5. The van der Waals surface area contributed by atoms with Crippen molar-refractivity contribution in [2.24, 2.45) is 0 Å². The average molecular weight is 312 g/mol. The molecule has 0 unspecified atom stereocenters. The highest BCUT2D eigenvalue weighted by molar-refractivity contribution is 6.34. The Morgan fingerprint density at radius 3 is 2.76 bits per heavy atom. The highest BCUT2D eigenvalue weighted by Gasteiger charge is 2.20. The summed E-state index contributed by atoms with van der Waals surface area (Å²) in [5, 5.41) is 26.4. The van der Waals surface area contributed by atoms with Crippen LogP contribution >= 0.6 is 11.6 Å². The third kappa shape index (κ3) is 3.29. The summed E-state index contributed by atoms with van der Waals surface area (Å²) in [5.74, 6) is -0.709. The predicted molar refractivity (Wildman–Crippen MR) is 73.6 cm³/mol. The molecule has 9 heteroatoms. The largest absolute Gasteiger partial charge is 0.478 e. The summed E-state index contributed by atoms with van der Waals surface area (Å²) in [6.07, 6.45) is 0. The van der Waals surface area contributed by atoms with Crippen LogP contribution in [0.4, 0.5) is 11.4 Å². The molecule has 0 amide bonds. The summed E-state index contributed by atoms with van der Waals surface area (Å²) in [6, 6.07) is 3.71. The van der Waals surface area contributed by atoms with Gasteiger partial charge in [0.1, 0.15) is 11.5 Å². The molecule has 1 aromatic heterocycles. The molecule has 0 radical (unpaired) electrons. The smallest absolute Gasteiger partial charge is 0.338 e. The van der Waals surface area contributed by atoms with Crippen molar-refractivity contribution in [3.63, 3.8) is 0 Å². The number of carbonyl (C=O) groups is 1. The summed E-state index contributed by atoms with van der Waals surface area (Å²) in [4.78, 5) is 21.2. The van der Waals surface area contributed by atoms with Gasteiger partial charge in [0.05, 0.1) is 27.7 Å². The van der Waals surface area contributed by atoms with Gasteiger partial charge in [0.15, 0.2) is 0 Å². The van der Waals surface area contributed by atoms with Crippen molar-refractivity contribution in [2.45, 2.75) is 13.5 Å². The van der Waals surface area contributed by atoms with E-state index in [0.717, 1.165) is 12.1 Å². The highest BCUT2D eigenvalue weighted by Crippen LogP contribution is 2.31. The summed E-state index contributed by atoms with van der Waals surface area (Å²) >= 11 is 5.92. The molecule has 0 saturated heterocycles. The number of aryl methyl sites for hydroxylation is 1. The predicted octanol–water partition coefficient (Wildman–Crippen LogP) is 2.85. The minimum absolute atomic E-state index is 0.0539. The first kappa shape index (κ1) is 14.8. The Bertz CT molecular complexity index is 713. The molecule has 8 nitrogen and oxygen atoms in total. The molecule has 0 aliphatic rings. The number of carboxylic acids is 1. The number of anilines is 1. The summed E-state index contributed by atoms with van der Waals surface area (Å²) in [5.41, 5.74) is -0.0247. The summed E-state index contributed by atoms with van der Waals surface area (Å²) < 4.78 is 4.88. The standard InChI is InChI=1S/C12H10ClN3O5/c1-6-2-7(15-21-6)5-14-11-9(12(17)18)3-8(16(19)20)4-10(11)13/h2-4,14H,5H2,1H3,(H,17,18). The molecule has 0 aliphatic carbocycles. The van der Waals surface area contributed by atoms with E-state index in [1.165, 1.54) is 0 Å². The van der Waals surface area contributed by atoms with Gasteiger partial charge in [-0.1, -0.05) is 16.8 Å². The van der Waals surface area contributed by atoms with E-state index in [4.69, 9.17) is 21.2 Å². The van der Waals surface area contributed by atoms with Crippen LogP contribution < -0.4 is 5.32 Å². The van der Waals surface area contributed by atoms with E-state index < -0.39 is 10.9 Å². The van der Waals surface area contributed by atoms with Crippen molar-refractivity contribution in [3.8, 4) is 0 Å². The Labute approximate surface area is 123 Å². The lowest BCUT2D eigenvalue weighted by atomic mass is 10.1. The molecule has 2 rings (SSSR count). The zero-order valence-electron chi connectivity index (χ0n) is 10.8. The minimum atomic E-state index is -1.32. The first-order chi connectivity index (χ1) is 9.88. The van der Waals surface area contributed by atoms with Gasteiger partial charge in [-0.3, -0.25) is 10.1 Å². The molecule has 0 fully saturated rings. The van der Waals surface area contributed by atoms with Crippen molar-refractivity contribution in [3.05, 3.63) is 50.4 Å². The number of nitrogens with one attached hydrogen (secondary N) is 1. The molecule has 1 aromatic carbocycles. The van der Waals surface area contributed by atoms with Crippen molar-refractivity contribution >= 4 is 28.9 Å². The van der Waals surface area contributed by atoms with Crippen molar-refractivity contribution in [1.29, 1.82) is 0 Å². The molecule has 0 aliphatic heterocycles. The maximum Gasteiger partial charge on any atom is 0.338 e. The number of nitro benzene ring substituents is 1. The van der Waals surface area contributed by atoms with E-state index in [0.29, 0.717) is 11.5 Å². The van der Waals surface area contributed by atoms with Crippen LogP contribution in [0.15, 0.2) is 22.7 Å². The van der Waals surface area contributed by atoms with Gasteiger partial charge in [-0.15, -0.1) is 0 Å². The third-order valence-corrected chi connectivity index (χ3v) is 2.94. The van der Waals surface area contributed by atoms with E-state index in [2.05, 4.69) is 10.5 Å². The van der Waals surface area contributed by atoms with Crippen LogP contribution in [0, 0.1) is 17.0 Å². The summed E-state index contributed by atoms with van der Waals surface area (Å²) in [7, 11) is 0. The Morgan fingerprint density at radius 1 is 1.52 bits per heavy atom. The number of carboxylic acid groups (broad SMARTS) is 1. The minimum Gasteiger partial charge on any atom is -0.478 e. The number of non-ortho nitro benzene ring substituents is 1. The van der Waals surface area contributed by atoms with Gasteiger partial charge in [-0.2, -0.15) is 0 Å². The monoisotopic (exact) mass is 311 g/mol. The van der Waals surface area contributed by atoms with E-state index in [9.17, 15) is 14.9 Å². The number of nitrogens with zero attached hydrogens (tertiary/aromatic N) is 2. The van der Waals surface area contributed by atoms with Crippen LogP contribution in [0.2, 0.25) is 5.02 Å². The molecule has 0 atom stereocenters. The molecular weight excluding hydrogens is 302 g/mol. The normalized spacial score (nSPS) is 10.4. The molecule has 21 heavy (non-hydrogen) atoms. The number of nitro groups is 1. The van der Waals surface area contributed by atoms with E-state index in [-0.39, 0.29) is 28.5 Å². The van der Waals surface area contributed by atoms with Crippen LogP contribution in [0.25, 0.3) is 0 Å². The van der Waals surface area contributed by atoms with Crippen LogP contribution in [-0.2, 0) is 6.54 Å². The molecule has 0 saturated carbocycles. The van der Waals surface area contributed by atoms with Gasteiger partial charge in [-0.25, -0.2) is 4.79 Å². The van der Waals surface area contributed by atoms with Gasteiger partial charge in [0.25, 0.3) is 5.69 Å². The van der Waals surface area contributed by atoms with Crippen LogP contribution in [-0.4, -0.2) is 21.2 Å². The Morgan fingerprint density at radius 2 is 2.24 bits per heavy atom. The van der Waals surface area contributed by atoms with Crippen LogP contribution in [0.3, 0.4) is 0 Å². The number of aromatic nitrogens is 1. The lowest BCUT2D eigenvalue weighted by molar-refractivity contribution is -0.384. The first-order valence-corrected chi connectivity index (χ1v) is 6.13. The van der Waals surface area contributed by atoms with Gasteiger partial charge in [-0.05, 0) is 6.92 Å². The fourth-order valence-corrected chi connectivity index (χ4v) is 2.01. The number of hydrogen-bond donors (Lipinski definition) is 2. The quantitative estimate of drug-likeness (QED) is 0.643. The van der Waals surface area contributed by atoms with Crippen molar-refractivity contribution in [2.75, 3.05) is 5.32 Å². The second-order valence-electron chi connectivity index (χ2n) is 4.19. The van der Waals surface area contributed by atoms with Gasteiger partial charge < -0.3 is 14.9 Å². The number of rotatable bonds is 5. The van der Waals surface area contributed by atoms with Crippen LogP contribution in [0.5, 0.6) is 0 Å². The zero-order chi connectivity index (χ0) is 15.6. The SMILES string of the molecule is Cc1cc(CNc2c(Cl)cc([N+](=O)[O-])cc2C(=O)O)no1. The lowest BCUT2D eigenvalue weighted by Crippen LogP contribution is -2.08.